The lowest BCUT2D eigenvalue weighted by molar-refractivity contribution is -0.219. The van der Waals surface area contributed by atoms with Gasteiger partial charge in [-0.2, -0.15) is 13.2 Å². The minimum Gasteiger partial charge on any atom is -0.463 e. The van der Waals surface area contributed by atoms with E-state index in [1.807, 2.05) is 0 Å². The zero-order valence-electron chi connectivity index (χ0n) is 14.3. The molecule has 0 aliphatic heterocycles. The summed E-state index contributed by atoms with van der Waals surface area (Å²) in [6.45, 7) is 0.623. The van der Waals surface area contributed by atoms with Crippen LogP contribution < -0.4 is 10.6 Å². The van der Waals surface area contributed by atoms with E-state index in [2.05, 4.69) is 20.0 Å². The second-order valence-corrected chi connectivity index (χ2v) is 5.34. The van der Waals surface area contributed by atoms with Gasteiger partial charge in [0.25, 0.3) is 11.6 Å². The minimum atomic E-state index is -5.19. The highest BCUT2D eigenvalue weighted by Gasteiger charge is 2.63. The average Bonchev–Trinajstić information content (AvgIpc) is 2.65. The monoisotopic (exact) mass is 382 g/mol. The van der Waals surface area contributed by atoms with Gasteiger partial charge >= 0.3 is 12.1 Å². The van der Waals surface area contributed by atoms with E-state index >= 15 is 0 Å². The van der Waals surface area contributed by atoms with Crippen molar-refractivity contribution in [2.45, 2.75) is 25.3 Å². The van der Waals surface area contributed by atoms with Gasteiger partial charge in [-0.05, 0) is 31.2 Å². The molecule has 0 unspecified atom stereocenters. The summed E-state index contributed by atoms with van der Waals surface area (Å²) in [7, 11) is 0. The van der Waals surface area contributed by atoms with Crippen molar-refractivity contribution in [1.82, 2.24) is 20.6 Å². The molecule has 2 aromatic heterocycles. The Kier molecular flexibility index (Phi) is 6.45. The van der Waals surface area contributed by atoms with E-state index in [-0.39, 0.29) is 17.9 Å². The number of hydrogen-bond acceptors (Lipinski definition) is 6. The highest BCUT2D eigenvalue weighted by Crippen LogP contribution is 2.30. The molecule has 0 aromatic carbocycles. The van der Waals surface area contributed by atoms with Crippen molar-refractivity contribution in [3.63, 3.8) is 0 Å². The van der Waals surface area contributed by atoms with E-state index in [4.69, 9.17) is 0 Å². The highest BCUT2D eigenvalue weighted by molar-refractivity contribution is 5.98. The number of hydrogen-bond donors (Lipinski definition) is 2. The van der Waals surface area contributed by atoms with Crippen LogP contribution >= 0.6 is 0 Å². The number of ether oxygens (including phenoxy) is 1. The Morgan fingerprint density at radius 3 is 2.48 bits per heavy atom. The van der Waals surface area contributed by atoms with Crippen LogP contribution in [0.3, 0.4) is 0 Å². The molecule has 0 aliphatic rings. The number of halogens is 3. The van der Waals surface area contributed by atoms with E-state index in [0.717, 1.165) is 6.20 Å². The summed E-state index contributed by atoms with van der Waals surface area (Å²) in [6.07, 6.45) is -1.35. The van der Waals surface area contributed by atoms with Crippen LogP contribution in [0.5, 0.6) is 0 Å². The Balaban J connectivity index is 2.37. The molecule has 1 atom stereocenters. The van der Waals surface area contributed by atoms with Crippen molar-refractivity contribution in [2.75, 3.05) is 6.61 Å². The number of pyridine rings is 2. The van der Waals surface area contributed by atoms with Crippen LogP contribution in [0.25, 0.3) is 0 Å². The first-order valence-electron chi connectivity index (χ1n) is 7.91. The van der Waals surface area contributed by atoms with Crippen molar-refractivity contribution >= 4 is 11.9 Å². The quantitative estimate of drug-likeness (QED) is 0.561. The molecule has 27 heavy (non-hydrogen) atoms. The molecule has 0 aliphatic carbocycles. The molecule has 10 heteroatoms. The Hall–Kier alpha value is -3.01. The predicted molar refractivity (Wildman–Crippen MR) is 88.2 cm³/mol. The van der Waals surface area contributed by atoms with E-state index in [9.17, 15) is 22.8 Å². The summed E-state index contributed by atoms with van der Waals surface area (Å²) in [5.74, 6) is -2.81. The van der Waals surface area contributed by atoms with Crippen molar-refractivity contribution in [3.8, 4) is 0 Å². The van der Waals surface area contributed by atoms with Gasteiger partial charge < -0.3 is 10.1 Å². The maximum Gasteiger partial charge on any atom is 0.436 e. The van der Waals surface area contributed by atoms with Gasteiger partial charge in [0, 0.05) is 25.1 Å². The van der Waals surface area contributed by atoms with E-state index in [0.29, 0.717) is 0 Å². The molecule has 7 nitrogen and oxygen atoms in total. The number of nitrogens with one attached hydrogen (secondary N) is 2. The maximum absolute atomic E-state index is 13.9. The maximum atomic E-state index is 13.9. The molecular formula is C17H17F3N4O3. The largest absolute Gasteiger partial charge is 0.463 e. The van der Waals surface area contributed by atoms with Crippen LogP contribution in [0, 0.1) is 0 Å². The summed E-state index contributed by atoms with van der Waals surface area (Å²) in [6, 6.07) is 7.30. The molecule has 0 saturated heterocycles. The fourth-order valence-corrected chi connectivity index (χ4v) is 2.16. The Bertz CT molecular complexity index is 772. The third-order valence-corrected chi connectivity index (χ3v) is 3.49. The summed E-state index contributed by atoms with van der Waals surface area (Å²) in [5, 5.41) is 3.78. The molecule has 144 valence electrons. The summed E-state index contributed by atoms with van der Waals surface area (Å²) in [5.41, 5.74) is -3.35. The molecule has 0 radical (unpaired) electrons. The SMILES string of the molecule is CCOC(=O)[C@](NCc1ccccn1)(NC(=O)c1cccnc1)C(F)(F)F. The third-order valence-electron chi connectivity index (χ3n) is 3.49. The Morgan fingerprint density at radius 1 is 1.15 bits per heavy atom. The third kappa shape index (κ3) is 4.79. The van der Waals surface area contributed by atoms with Gasteiger partial charge in [0.2, 0.25) is 0 Å². The van der Waals surface area contributed by atoms with Crippen LogP contribution in [0.15, 0.2) is 48.9 Å². The number of carbonyl (C=O) groups is 2. The molecule has 2 aromatic rings. The van der Waals surface area contributed by atoms with Gasteiger partial charge in [0.15, 0.2) is 0 Å². The summed E-state index contributed by atoms with van der Waals surface area (Å²) < 4.78 is 46.3. The highest BCUT2D eigenvalue weighted by atomic mass is 19.4. The number of rotatable bonds is 7. The number of aromatic nitrogens is 2. The van der Waals surface area contributed by atoms with Crippen LogP contribution in [0.4, 0.5) is 13.2 Å². The zero-order chi connectivity index (χ0) is 19.9. The number of amides is 1. The minimum absolute atomic E-state index is 0.143. The fourth-order valence-electron chi connectivity index (χ4n) is 2.16. The molecule has 2 rings (SSSR count). The van der Waals surface area contributed by atoms with Gasteiger partial charge in [-0.1, -0.05) is 6.07 Å². The first-order chi connectivity index (χ1) is 12.8. The molecule has 1 amide bonds. The predicted octanol–water partition coefficient (Wildman–Crippen LogP) is 1.82. The molecule has 2 heterocycles. The number of carbonyl (C=O) groups excluding carboxylic acids is 2. The lowest BCUT2D eigenvalue weighted by atomic mass is 10.1. The van der Waals surface area contributed by atoms with Crippen LogP contribution in [0.1, 0.15) is 23.0 Å². The summed E-state index contributed by atoms with van der Waals surface area (Å²) in [4.78, 5) is 32.1. The van der Waals surface area contributed by atoms with Crippen molar-refractivity contribution in [2.24, 2.45) is 0 Å². The lowest BCUT2D eigenvalue weighted by Gasteiger charge is -2.34. The lowest BCUT2D eigenvalue weighted by Crippen LogP contribution is -2.72. The topological polar surface area (TPSA) is 93.2 Å². The second-order valence-electron chi connectivity index (χ2n) is 5.34. The van der Waals surface area contributed by atoms with Crippen molar-refractivity contribution < 1.29 is 27.5 Å². The van der Waals surface area contributed by atoms with E-state index in [1.165, 1.54) is 37.5 Å². The van der Waals surface area contributed by atoms with Gasteiger partial charge in [-0.15, -0.1) is 0 Å². The fraction of sp³-hybridized carbons (Fsp3) is 0.294. The molecule has 2 N–H and O–H groups in total. The van der Waals surface area contributed by atoms with Gasteiger partial charge in [-0.25, -0.2) is 4.79 Å². The Labute approximate surface area is 153 Å². The molecule has 0 spiro atoms. The molecule has 0 fully saturated rings. The smallest absolute Gasteiger partial charge is 0.436 e. The van der Waals surface area contributed by atoms with Crippen LogP contribution in [-0.2, 0) is 16.1 Å². The zero-order valence-corrected chi connectivity index (χ0v) is 14.3. The molecular weight excluding hydrogens is 365 g/mol. The normalized spacial score (nSPS) is 13.5. The summed E-state index contributed by atoms with van der Waals surface area (Å²) >= 11 is 0. The number of alkyl halides is 3. The standard InChI is InChI=1S/C17H17F3N4O3/c1-2-27-15(26)16(17(18,19)20,23-11-13-7-3-4-9-22-13)24-14(25)12-6-5-8-21-10-12/h3-10,23H,2,11H2,1H3,(H,24,25)/t16-/m0/s1. The van der Waals surface area contributed by atoms with E-state index < -0.39 is 30.3 Å². The number of nitrogens with zero attached hydrogens (tertiary/aromatic N) is 2. The van der Waals surface area contributed by atoms with Crippen molar-refractivity contribution in [1.29, 1.82) is 0 Å². The second kappa shape index (κ2) is 8.58. The van der Waals surface area contributed by atoms with Gasteiger partial charge in [0.05, 0.1) is 17.9 Å². The average molecular weight is 382 g/mol. The van der Waals surface area contributed by atoms with Crippen LogP contribution in [-0.4, -0.2) is 40.3 Å². The molecule has 0 bridgehead atoms. The Morgan fingerprint density at radius 2 is 1.93 bits per heavy atom. The van der Waals surface area contributed by atoms with Gasteiger partial charge in [-0.3, -0.25) is 20.1 Å². The molecule has 0 saturated carbocycles. The first-order valence-corrected chi connectivity index (χ1v) is 7.91. The first kappa shape index (κ1) is 20.3. The number of esters is 1. The van der Waals surface area contributed by atoms with E-state index in [1.54, 1.807) is 17.4 Å². The van der Waals surface area contributed by atoms with Gasteiger partial charge in [0.1, 0.15) is 0 Å². The van der Waals surface area contributed by atoms with Crippen molar-refractivity contribution in [3.05, 3.63) is 60.2 Å². The van der Waals surface area contributed by atoms with Crippen LogP contribution in [0.2, 0.25) is 0 Å².